The van der Waals surface area contributed by atoms with Crippen LogP contribution in [0.25, 0.3) is 11.3 Å². The van der Waals surface area contributed by atoms with E-state index in [2.05, 4.69) is 70.8 Å². The Balaban J connectivity index is 0.00000289. The van der Waals surface area contributed by atoms with E-state index in [0.717, 1.165) is 72.6 Å². The molecule has 8 heteroatoms. The molecule has 0 saturated carbocycles. The van der Waals surface area contributed by atoms with Gasteiger partial charge in [-0.2, -0.15) is 0 Å². The number of halogens is 1. The molecule has 0 spiro atoms. The number of aromatic nitrogens is 4. The first kappa shape index (κ1) is 24.8. The first-order chi connectivity index (χ1) is 14.8. The molecular weight excluding hydrogens is 442 g/mol. The van der Waals surface area contributed by atoms with Crippen molar-refractivity contribution >= 4 is 24.2 Å². The van der Waals surface area contributed by atoms with Crippen LogP contribution >= 0.6 is 24.2 Å². The van der Waals surface area contributed by atoms with E-state index >= 15 is 0 Å². The number of hydrogen-bond acceptors (Lipinski definition) is 6. The molecule has 1 aromatic carbocycles. The predicted molar refractivity (Wildman–Crippen MR) is 133 cm³/mol. The van der Waals surface area contributed by atoms with E-state index in [9.17, 15) is 0 Å². The molecular formula is C24H34ClN5OS. The average Bonchev–Trinajstić information content (AvgIpc) is 3.26. The third-order valence-electron chi connectivity index (χ3n) is 5.88. The van der Waals surface area contributed by atoms with Gasteiger partial charge in [0.2, 0.25) is 0 Å². The van der Waals surface area contributed by atoms with Gasteiger partial charge in [0.15, 0.2) is 5.16 Å². The molecule has 0 aliphatic carbocycles. The Bertz CT molecular complexity index is 1040. The van der Waals surface area contributed by atoms with Gasteiger partial charge < -0.3 is 14.0 Å². The number of rotatable bonds is 6. The van der Waals surface area contributed by atoms with Crippen LogP contribution < -0.4 is 0 Å². The fourth-order valence-corrected chi connectivity index (χ4v) is 5.04. The number of hydrogen-bond donors (Lipinski definition) is 0. The van der Waals surface area contributed by atoms with E-state index in [1.807, 2.05) is 24.8 Å². The van der Waals surface area contributed by atoms with Gasteiger partial charge in [-0.05, 0) is 49.9 Å². The van der Waals surface area contributed by atoms with Crippen LogP contribution in [-0.4, -0.2) is 50.2 Å². The predicted octanol–water partition coefficient (Wildman–Crippen LogP) is 5.08. The van der Waals surface area contributed by atoms with Gasteiger partial charge in [-0.25, -0.2) is 0 Å². The molecule has 0 radical (unpaired) electrons. The van der Waals surface area contributed by atoms with Gasteiger partial charge in [-0.3, -0.25) is 0 Å². The molecule has 0 fully saturated rings. The summed E-state index contributed by atoms with van der Waals surface area (Å²) in [7, 11) is 2.07. The van der Waals surface area contributed by atoms with Crippen molar-refractivity contribution in [2.24, 2.45) is 7.05 Å². The average molecular weight is 476 g/mol. The Morgan fingerprint density at radius 2 is 1.81 bits per heavy atom. The van der Waals surface area contributed by atoms with Gasteiger partial charge >= 0.3 is 0 Å². The Morgan fingerprint density at radius 3 is 2.47 bits per heavy atom. The van der Waals surface area contributed by atoms with Crippen molar-refractivity contribution in [2.75, 3.05) is 25.4 Å². The molecule has 6 nitrogen and oxygen atoms in total. The first-order valence-electron chi connectivity index (χ1n) is 11.1. The fourth-order valence-electron chi connectivity index (χ4n) is 4.20. The third kappa shape index (κ3) is 5.74. The minimum Gasteiger partial charge on any atom is -0.361 e. The lowest BCUT2D eigenvalue weighted by molar-refractivity contribution is 0.289. The third-order valence-corrected chi connectivity index (χ3v) is 6.99. The maximum atomic E-state index is 5.25. The summed E-state index contributed by atoms with van der Waals surface area (Å²) in [6, 6.07) is 8.75. The maximum absolute atomic E-state index is 5.25. The zero-order valence-corrected chi connectivity index (χ0v) is 21.4. The highest BCUT2D eigenvalue weighted by Gasteiger charge is 2.22. The van der Waals surface area contributed by atoms with Crippen molar-refractivity contribution in [3.8, 4) is 11.3 Å². The van der Waals surface area contributed by atoms with Crippen molar-refractivity contribution in [2.45, 2.75) is 57.5 Å². The number of benzene rings is 1. The fraction of sp³-hybridized carbons (Fsp3) is 0.542. The molecule has 0 amide bonds. The summed E-state index contributed by atoms with van der Waals surface area (Å²) in [5, 5.41) is 14.0. The molecule has 1 aliphatic rings. The number of aryl methyl sites for hydroxylation is 1. The summed E-state index contributed by atoms with van der Waals surface area (Å²) >= 11 is 1.81. The number of thioether (sulfide) groups is 1. The number of fused-ring (bicyclic) bond motifs is 1. The van der Waals surface area contributed by atoms with E-state index in [1.165, 1.54) is 11.1 Å². The standard InChI is InChI=1S/C24H33N5OS.ClH/c1-17-15-21(27-30-17)20-8-7-18-9-12-29(13-10-19(18)16-20)11-6-14-31-23-26-25-22(28(23)5)24(2,3)4;/h7-8,15-16H,6,9-14H2,1-5H3;1H. The smallest absolute Gasteiger partial charge is 0.190 e. The largest absolute Gasteiger partial charge is 0.361 e. The highest BCUT2D eigenvalue weighted by molar-refractivity contribution is 7.99. The Morgan fingerprint density at radius 1 is 1.06 bits per heavy atom. The van der Waals surface area contributed by atoms with Gasteiger partial charge in [-0.1, -0.05) is 49.8 Å². The van der Waals surface area contributed by atoms with Crippen molar-refractivity contribution in [3.05, 3.63) is 47.0 Å². The molecule has 1 aliphatic heterocycles. The van der Waals surface area contributed by atoms with E-state index in [-0.39, 0.29) is 17.8 Å². The highest BCUT2D eigenvalue weighted by atomic mass is 35.5. The highest BCUT2D eigenvalue weighted by Crippen LogP contribution is 2.26. The summed E-state index contributed by atoms with van der Waals surface area (Å²) in [6.45, 7) is 11.8. The zero-order valence-electron chi connectivity index (χ0n) is 19.7. The van der Waals surface area contributed by atoms with Crippen LogP contribution in [0.2, 0.25) is 0 Å². The van der Waals surface area contributed by atoms with Gasteiger partial charge in [0, 0.05) is 42.9 Å². The maximum Gasteiger partial charge on any atom is 0.190 e. The molecule has 32 heavy (non-hydrogen) atoms. The van der Waals surface area contributed by atoms with E-state index < -0.39 is 0 Å². The summed E-state index contributed by atoms with van der Waals surface area (Å²) in [6.07, 6.45) is 3.35. The lowest BCUT2D eigenvalue weighted by Crippen LogP contribution is -2.27. The Labute approximate surface area is 201 Å². The summed E-state index contributed by atoms with van der Waals surface area (Å²) in [5.41, 5.74) is 5.02. The minimum atomic E-state index is 0. The summed E-state index contributed by atoms with van der Waals surface area (Å²) in [4.78, 5) is 2.59. The van der Waals surface area contributed by atoms with Crippen LogP contribution in [0.4, 0.5) is 0 Å². The van der Waals surface area contributed by atoms with Crippen LogP contribution in [0.3, 0.4) is 0 Å². The second-order valence-corrected chi connectivity index (χ2v) is 10.5. The molecule has 2 aromatic heterocycles. The molecule has 3 heterocycles. The molecule has 0 atom stereocenters. The molecule has 0 saturated heterocycles. The van der Waals surface area contributed by atoms with E-state index in [0.29, 0.717) is 0 Å². The van der Waals surface area contributed by atoms with Crippen LogP contribution in [-0.2, 0) is 25.3 Å². The van der Waals surface area contributed by atoms with Gasteiger partial charge in [0.05, 0.1) is 0 Å². The molecule has 0 N–H and O–H groups in total. The second kappa shape index (κ2) is 10.4. The molecule has 4 rings (SSSR count). The quantitative estimate of drug-likeness (QED) is 0.366. The van der Waals surface area contributed by atoms with E-state index in [1.54, 1.807) is 0 Å². The molecule has 0 unspecified atom stereocenters. The lowest BCUT2D eigenvalue weighted by atomic mass is 9.96. The molecule has 0 bridgehead atoms. The Kier molecular flexibility index (Phi) is 8.06. The van der Waals surface area contributed by atoms with Gasteiger partial charge in [0.1, 0.15) is 17.3 Å². The number of nitrogens with zero attached hydrogens (tertiary/aromatic N) is 5. The zero-order chi connectivity index (χ0) is 22.0. The van der Waals surface area contributed by atoms with Crippen LogP contribution in [0, 0.1) is 6.92 Å². The second-order valence-electron chi connectivity index (χ2n) is 9.47. The van der Waals surface area contributed by atoms with E-state index in [4.69, 9.17) is 4.52 Å². The lowest BCUT2D eigenvalue weighted by Gasteiger charge is -2.19. The summed E-state index contributed by atoms with van der Waals surface area (Å²) in [5.74, 6) is 2.96. The van der Waals surface area contributed by atoms with Crippen LogP contribution in [0.1, 0.15) is 49.9 Å². The van der Waals surface area contributed by atoms with Crippen molar-refractivity contribution in [1.29, 1.82) is 0 Å². The SMILES string of the molecule is Cc1cc(-c2ccc3c(c2)CCN(CCCSc2nnc(C(C)(C)C)n2C)CC3)no1.Cl. The first-order valence-corrected chi connectivity index (χ1v) is 12.1. The van der Waals surface area contributed by atoms with Crippen molar-refractivity contribution in [3.63, 3.8) is 0 Å². The van der Waals surface area contributed by atoms with Gasteiger partial charge in [0.25, 0.3) is 0 Å². The van der Waals surface area contributed by atoms with Crippen LogP contribution in [0.5, 0.6) is 0 Å². The molecule has 174 valence electrons. The normalized spacial score (nSPS) is 14.7. The van der Waals surface area contributed by atoms with Crippen molar-refractivity contribution < 1.29 is 4.52 Å². The van der Waals surface area contributed by atoms with Crippen molar-refractivity contribution in [1.82, 2.24) is 24.8 Å². The minimum absolute atomic E-state index is 0. The Hall–Kier alpha value is -1.83. The van der Waals surface area contributed by atoms with Crippen LogP contribution in [0.15, 0.2) is 33.9 Å². The van der Waals surface area contributed by atoms with Gasteiger partial charge in [-0.15, -0.1) is 22.6 Å². The summed E-state index contributed by atoms with van der Waals surface area (Å²) < 4.78 is 7.39. The molecule has 3 aromatic rings. The monoisotopic (exact) mass is 475 g/mol. The topological polar surface area (TPSA) is 60.0 Å².